The summed E-state index contributed by atoms with van der Waals surface area (Å²) in [6.45, 7) is 0.103. The molecule has 0 amide bonds. The molecule has 24 heavy (non-hydrogen) atoms. The van der Waals surface area contributed by atoms with Crippen molar-refractivity contribution >= 4 is 50.2 Å². The van der Waals surface area contributed by atoms with Crippen LogP contribution in [0.15, 0.2) is 47.4 Å². The number of esters is 1. The topological polar surface area (TPSA) is 60.4 Å². The fraction of sp³-hybridized carbons (Fsp3) is 0.118. The number of benzene rings is 2. The average molecular weight is 383 g/mol. The fourth-order valence-corrected chi connectivity index (χ4v) is 3.63. The van der Waals surface area contributed by atoms with Crippen LogP contribution >= 0.6 is 23.2 Å². The molecule has 7 heteroatoms. The van der Waals surface area contributed by atoms with Gasteiger partial charge in [-0.25, -0.2) is 13.2 Å². The van der Waals surface area contributed by atoms with E-state index in [0.29, 0.717) is 32.3 Å². The van der Waals surface area contributed by atoms with Gasteiger partial charge in [0.25, 0.3) is 0 Å². The average Bonchev–Trinajstić information content (AvgIpc) is 2.88. The zero-order chi connectivity index (χ0) is 17.5. The van der Waals surface area contributed by atoms with Crippen molar-refractivity contribution in [2.24, 2.45) is 0 Å². The Labute approximate surface area is 149 Å². The number of carbonyl (C=O) groups is 1. The first-order chi connectivity index (χ1) is 11.3. The zero-order valence-electron chi connectivity index (χ0n) is 12.5. The van der Waals surface area contributed by atoms with Crippen molar-refractivity contribution in [2.45, 2.75) is 4.90 Å². The quantitative estimate of drug-likeness (QED) is 0.756. The number of sulfone groups is 1. The van der Waals surface area contributed by atoms with Crippen molar-refractivity contribution in [3.8, 4) is 0 Å². The van der Waals surface area contributed by atoms with Crippen molar-refractivity contribution < 1.29 is 17.9 Å². The van der Waals surface area contributed by atoms with Gasteiger partial charge in [-0.3, -0.25) is 0 Å². The van der Waals surface area contributed by atoms with Crippen LogP contribution in [0.2, 0.25) is 10.0 Å². The number of hydrogen-bond donors (Lipinski definition) is 0. The summed E-state index contributed by atoms with van der Waals surface area (Å²) in [5.74, 6) is -0.471. The van der Waals surface area contributed by atoms with E-state index in [9.17, 15) is 13.2 Å². The summed E-state index contributed by atoms with van der Waals surface area (Å²) < 4.78 is 28.3. The van der Waals surface area contributed by atoms with Crippen LogP contribution in [0.5, 0.6) is 0 Å². The number of halogens is 2. The second-order valence-corrected chi connectivity index (χ2v) is 8.21. The third kappa shape index (κ3) is 3.20. The molecule has 0 fully saturated rings. The molecule has 0 radical (unpaired) electrons. The highest BCUT2D eigenvalue weighted by atomic mass is 35.5. The third-order valence-electron chi connectivity index (χ3n) is 3.68. The summed E-state index contributed by atoms with van der Waals surface area (Å²) in [5, 5.41) is 0.816. The van der Waals surface area contributed by atoms with Crippen LogP contribution in [0.3, 0.4) is 0 Å². The molecule has 2 aromatic carbocycles. The van der Waals surface area contributed by atoms with E-state index in [-0.39, 0.29) is 11.5 Å². The van der Waals surface area contributed by atoms with Gasteiger partial charge in [0, 0.05) is 22.4 Å². The van der Waals surface area contributed by atoms with Gasteiger partial charge in [0.15, 0.2) is 9.84 Å². The van der Waals surface area contributed by atoms with E-state index in [4.69, 9.17) is 27.9 Å². The first-order valence-electron chi connectivity index (χ1n) is 6.93. The molecule has 4 nitrogen and oxygen atoms in total. The van der Waals surface area contributed by atoms with Crippen molar-refractivity contribution in [1.82, 2.24) is 0 Å². The molecule has 0 atom stereocenters. The highest BCUT2D eigenvalue weighted by Crippen LogP contribution is 2.37. The number of cyclic esters (lactones) is 1. The van der Waals surface area contributed by atoms with E-state index in [2.05, 4.69) is 0 Å². The molecular weight excluding hydrogens is 371 g/mol. The Balaban J connectivity index is 2.13. The largest absolute Gasteiger partial charge is 0.457 e. The Hall–Kier alpha value is -1.82. The second-order valence-electron chi connectivity index (χ2n) is 5.35. The van der Waals surface area contributed by atoms with Gasteiger partial charge in [-0.2, -0.15) is 0 Å². The fourth-order valence-electron chi connectivity index (χ4n) is 2.50. The van der Waals surface area contributed by atoms with E-state index in [1.165, 1.54) is 12.1 Å². The second kappa shape index (κ2) is 6.24. The van der Waals surface area contributed by atoms with Gasteiger partial charge >= 0.3 is 5.97 Å². The summed E-state index contributed by atoms with van der Waals surface area (Å²) in [7, 11) is -3.28. The lowest BCUT2D eigenvalue weighted by molar-refractivity contribution is -0.133. The van der Waals surface area contributed by atoms with E-state index in [1.807, 2.05) is 0 Å². The lowest BCUT2D eigenvalue weighted by Gasteiger charge is -2.07. The van der Waals surface area contributed by atoms with Gasteiger partial charge in [-0.05, 0) is 29.8 Å². The molecule has 0 saturated heterocycles. The molecule has 3 rings (SSSR count). The molecule has 1 aliphatic rings. The maximum absolute atomic E-state index is 12.2. The number of ether oxygens (including phenoxy) is 1. The Morgan fingerprint density at radius 2 is 1.71 bits per heavy atom. The normalized spacial score (nSPS) is 14.9. The molecule has 0 N–H and O–H groups in total. The van der Waals surface area contributed by atoms with Crippen LogP contribution in [0.4, 0.5) is 0 Å². The highest BCUT2D eigenvalue weighted by Gasteiger charge is 2.28. The third-order valence-corrected chi connectivity index (χ3v) is 5.36. The zero-order valence-corrected chi connectivity index (χ0v) is 14.9. The van der Waals surface area contributed by atoms with Gasteiger partial charge < -0.3 is 4.74 Å². The SMILES string of the molecule is CS(=O)(=O)c1ccc(C2=C(c3ccc(Cl)cc3Cl)C(=O)OC2)cc1. The first-order valence-corrected chi connectivity index (χ1v) is 9.58. The Morgan fingerprint density at radius 3 is 2.29 bits per heavy atom. The molecule has 0 aliphatic carbocycles. The number of carbonyl (C=O) groups excluding carboxylic acids is 1. The number of hydrogen-bond acceptors (Lipinski definition) is 4. The molecule has 0 aromatic heterocycles. The lowest BCUT2D eigenvalue weighted by atomic mass is 9.97. The van der Waals surface area contributed by atoms with Crippen LogP contribution in [-0.4, -0.2) is 27.2 Å². The monoisotopic (exact) mass is 382 g/mol. The summed E-state index contributed by atoms with van der Waals surface area (Å²) in [4.78, 5) is 12.4. The molecule has 1 heterocycles. The maximum atomic E-state index is 12.2. The van der Waals surface area contributed by atoms with Crippen molar-refractivity contribution in [3.63, 3.8) is 0 Å². The van der Waals surface area contributed by atoms with E-state index in [0.717, 1.165) is 6.26 Å². The summed E-state index contributed by atoms with van der Waals surface area (Å²) >= 11 is 12.1. The van der Waals surface area contributed by atoms with Gasteiger partial charge in [0.2, 0.25) is 0 Å². The van der Waals surface area contributed by atoms with Crippen molar-refractivity contribution in [2.75, 3.05) is 12.9 Å². The van der Waals surface area contributed by atoms with Gasteiger partial charge in [0.1, 0.15) is 6.61 Å². The van der Waals surface area contributed by atoms with Gasteiger partial charge in [-0.1, -0.05) is 41.4 Å². The summed E-state index contributed by atoms with van der Waals surface area (Å²) in [6.07, 6.45) is 1.14. The minimum absolute atomic E-state index is 0.103. The van der Waals surface area contributed by atoms with E-state index in [1.54, 1.807) is 30.3 Å². The van der Waals surface area contributed by atoms with Crippen molar-refractivity contribution in [1.29, 1.82) is 0 Å². The predicted octanol–water partition coefficient (Wildman–Crippen LogP) is 3.86. The Kier molecular flexibility index (Phi) is 4.42. The Bertz CT molecular complexity index is 961. The first kappa shape index (κ1) is 17.0. The molecule has 0 unspecified atom stereocenters. The smallest absolute Gasteiger partial charge is 0.339 e. The molecular formula is C17H12Cl2O4S. The Morgan fingerprint density at radius 1 is 1.04 bits per heavy atom. The van der Waals surface area contributed by atoms with Crippen molar-refractivity contribution in [3.05, 3.63) is 63.6 Å². The van der Waals surface area contributed by atoms with Crippen LogP contribution < -0.4 is 0 Å². The van der Waals surface area contributed by atoms with Crippen LogP contribution in [0.25, 0.3) is 11.1 Å². The summed E-state index contributed by atoms with van der Waals surface area (Å²) in [5.41, 5.74) is 2.26. The lowest BCUT2D eigenvalue weighted by Crippen LogP contribution is -1.99. The minimum atomic E-state index is -3.28. The summed E-state index contributed by atoms with van der Waals surface area (Å²) in [6, 6.07) is 11.2. The molecule has 0 saturated carbocycles. The highest BCUT2D eigenvalue weighted by molar-refractivity contribution is 7.90. The molecule has 124 valence electrons. The standard InChI is InChI=1S/C17H12Cl2O4S/c1-24(21,22)12-5-2-10(3-6-12)14-9-23-17(20)16(14)13-7-4-11(18)8-15(13)19/h2-8H,9H2,1H3. The molecule has 0 bridgehead atoms. The molecule has 2 aromatic rings. The van der Waals surface area contributed by atoms with E-state index < -0.39 is 15.8 Å². The van der Waals surface area contributed by atoms with Crippen LogP contribution in [0, 0.1) is 0 Å². The van der Waals surface area contributed by atoms with Crippen LogP contribution in [0.1, 0.15) is 11.1 Å². The maximum Gasteiger partial charge on any atom is 0.339 e. The molecule has 0 spiro atoms. The number of rotatable bonds is 3. The predicted molar refractivity (Wildman–Crippen MR) is 93.8 cm³/mol. The van der Waals surface area contributed by atoms with Gasteiger partial charge in [-0.15, -0.1) is 0 Å². The minimum Gasteiger partial charge on any atom is -0.457 e. The van der Waals surface area contributed by atoms with Crippen LogP contribution in [-0.2, 0) is 19.4 Å². The van der Waals surface area contributed by atoms with E-state index >= 15 is 0 Å². The molecule has 1 aliphatic heterocycles. The van der Waals surface area contributed by atoms with Gasteiger partial charge in [0.05, 0.1) is 15.5 Å².